The largest absolute Gasteiger partial charge is 0.455 e. The number of aryl methyl sites for hydroxylation is 1. The first kappa shape index (κ1) is 19.4. The van der Waals surface area contributed by atoms with Crippen molar-refractivity contribution in [2.75, 3.05) is 26.3 Å². The molecule has 1 aromatic carbocycles. The van der Waals surface area contributed by atoms with Crippen LogP contribution in [0.4, 0.5) is 0 Å². The van der Waals surface area contributed by atoms with Crippen LogP contribution in [0.2, 0.25) is 0 Å². The molecule has 1 aromatic rings. The lowest BCUT2D eigenvalue weighted by Gasteiger charge is -2.11. The monoisotopic (exact) mass is 370 g/mol. The molecule has 0 saturated carbocycles. The molecule has 1 aliphatic heterocycles. The molecule has 8 nitrogen and oxygen atoms in total. The smallest absolute Gasteiger partial charge is 0.321 e. The fourth-order valence-corrected chi connectivity index (χ4v) is 3.20. The quantitative estimate of drug-likeness (QED) is 0.629. The van der Waals surface area contributed by atoms with Crippen LogP contribution in [0.5, 0.6) is 0 Å². The van der Waals surface area contributed by atoms with E-state index >= 15 is 0 Å². The van der Waals surface area contributed by atoms with Gasteiger partial charge in [-0.3, -0.25) is 9.59 Å². The molecule has 138 valence electrons. The molecule has 1 aliphatic rings. The lowest BCUT2D eigenvalue weighted by molar-refractivity contribution is -0.147. The van der Waals surface area contributed by atoms with Crippen molar-refractivity contribution < 1.29 is 27.5 Å². The second-order valence-electron chi connectivity index (χ2n) is 5.74. The molecule has 1 saturated heterocycles. The third kappa shape index (κ3) is 6.45. The maximum absolute atomic E-state index is 12.0. The zero-order chi connectivity index (χ0) is 18.3. The third-order valence-corrected chi connectivity index (χ3v) is 5.07. The van der Waals surface area contributed by atoms with Gasteiger partial charge in [-0.2, -0.15) is 4.72 Å². The van der Waals surface area contributed by atoms with Crippen LogP contribution in [0.3, 0.4) is 0 Å². The van der Waals surface area contributed by atoms with Crippen LogP contribution in [0, 0.1) is 6.92 Å². The summed E-state index contributed by atoms with van der Waals surface area (Å²) < 4.78 is 36.3. The van der Waals surface area contributed by atoms with Gasteiger partial charge in [0.1, 0.15) is 6.54 Å². The molecule has 0 unspecified atom stereocenters. The molecule has 1 atom stereocenters. The van der Waals surface area contributed by atoms with Crippen molar-refractivity contribution in [1.82, 2.24) is 10.0 Å². The fraction of sp³-hybridized carbons (Fsp3) is 0.500. The number of amides is 1. The average molecular weight is 370 g/mol. The lowest BCUT2D eigenvalue weighted by Crippen LogP contribution is -2.36. The van der Waals surface area contributed by atoms with Crippen molar-refractivity contribution >= 4 is 21.9 Å². The van der Waals surface area contributed by atoms with Gasteiger partial charge in [0.25, 0.3) is 5.91 Å². The number of carbonyl (C=O) groups excluding carboxylic acids is 2. The minimum atomic E-state index is -3.80. The van der Waals surface area contributed by atoms with Crippen LogP contribution in [0.1, 0.15) is 18.4 Å². The van der Waals surface area contributed by atoms with Gasteiger partial charge in [-0.05, 0) is 31.9 Å². The summed E-state index contributed by atoms with van der Waals surface area (Å²) in [4.78, 5) is 23.2. The summed E-state index contributed by atoms with van der Waals surface area (Å²) in [5.41, 5.74) is 0.923. The number of rotatable bonds is 8. The normalized spacial score (nSPS) is 17.2. The highest BCUT2D eigenvalue weighted by Gasteiger charge is 2.18. The van der Waals surface area contributed by atoms with Gasteiger partial charge in [0, 0.05) is 13.2 Å². The Kier molecular flexibility index (Phi) is 6.91. The summed E-state index contributed by atoms with van der Waals surface area (Å²) >= 11 is 0. The minimum Gasteiger partial charge on any atom is -0.455 e. The van der Waals surface area contributed by atoms with Crippen molar-refractivity contribution in [2.45, 2.75) is 30.8 Å². The molecule has 25 heavy (non-hydrogen) atoms. The van der Waals surface area contributed by atoms with Gasteiger partial charge in [-0.1, -0.05) is 17.7 Å². The first-order chi connectivity index (χ1) is 11.9. The number of sulfonamides is 1. The van der Waals surface area contributed by atoms with Crippen LogP contribution in [0.25, 0.3) is 0 Å². The number of benzene rings is 1. The first-order valence-corrected chi connectivity index (χ1v) is 9.45. The number of nitrogens with one attached hydrogen (secondary N) is 2. The Morgan fingerprint density at radius 3 is 2.64 bits per heavy atom. The average Bonchev–Trinajstić information content (AvgIpc) is 3.10. The van der Waals surface area contributed by atoms with Gasteiger partial charge in [-0.25, -0.2) is 8.42 Å². The summed E-state index contributed by atoms with van der Waals surface area (Å²) in [5.74, 6) is -1.28. The Morgan fingerprint density at radius 2 is 2.00 bits per heavy atom. The summed E-state index contributed by atoms with van der Waals surface area (Å²) in [7, 11) is -3.80. The van der Waals surface area contributed by atoms with E-state index in [4.69, 9.17) is 9.47 Å². The number of hydrogen-bond acceptors (Lipinski definition) is 6. The van der Waals surface area contributed by atoms with E-state index in [1.54, 1.807) is 12.1 Å². The molecule has 2 rings (SSSR count). The summed E-state index contributed by atoms with van der Waals surface area (Å²) in [6.07, 6.45) is 1.86. The van der Waals surface area contributed by atoms with Crippen LogP contribution < -0.4 is 10.0 Å². The Morgan fingerprint density at radius 1 is 1.28 bits per heavy atom. The second-order valence-corrected chi connectivity index (χ2v) is 7.50. The highest BCUT2D eigenvalue weighted by Crippen LogP contribution is 2.10. The number of esters is 1. The number of ether oxygens (including phenoxy) is 2. The highest BCUT2D eigenvalue weighted by molar-refractivity contribution is 7.89. The maximum Gasteiger partial charge on any atom is 0.321 e. The molecular formula is C16H22N2O6S. The second kappa shape index (κ2) is 8.93. The number of hydrogen-bond donors (Lipinski definition) is 2. The first-order valence-electron chi connectivity index (χ1n) is 7.97. The zero-order valence-electron chi connectivity index (χ0n) is 14.0. The Hall–Kier alpha value is -1.97. The van der Waals surface area contributed by atoms with E-state index in [9.17, 15) is 18.0 Å². The third-order valence-electron chi connectivity index (χ3n) is 3.65. The van der Waals surface area contributed by atoms with Crippen LogP contribution in [-0.4, -0.2) is 52.7 Å². The van der Waals surface area contributed by atoms with Crippen LogP contribution in [0.15, 0.2) is 29.2 Å². The molecule has 9 heteroatoms. The van der Waals surface area contributed by atoms with E-state index in [2.05, 4.69) is 10.0 Å². The molecule has 0 aliphatic carbocycles. The van der Waals surface area contributed by atoms with Crippen molar-refractivity contribution in [3.8, 4) is 0 Å². The summed E-state index contributed by atoms with van der Waals surface area (Å²) in [6.45, 7) is 1.89. The predicted molar refractivity (Wildman–Crippen MR) is 89.3 cm³/mol. The van der Waals surface area contributed by atoms with E-state index < -0.39 is 35.1 Å². The molecule has 1 fully saturated rings. The molecule has 1 heterocycles. The zero-order valence-corrected chi connectivity index (χ0v) is 14.8. The SMILES string of the molecule is Cc1ccc(S(=O)(=O)NCC(=O)OCC(=O)NC[C@H]2CCCO2)cc1. The summed E-state index contributed by atoms with van der Waals surface area (Å²) in [6, 6.07) is 6.21. The van der Waals surface area contributed by atoms with Crippen LogP contribution in [-0.2, 0) is 29.1 Å². The van der Waals surface area contributed by atoms with Crippen LogP contribution >= 0.6 is 0 Å². The van der Waals surface area contributed by atoms with Gasteiger partial charge in [-0.15, -0.1) is 0 Å². The van der Waals surface area contributed by atoms with Crippen molar-refractivity contribution in [3.05, 3.63) is 29.8 Å². The molecule has 2 N–H and O–H groups in total. The predicted octanol–water partition coefficient (Wildman–Crippen LogP) is 0.112. The van der Waals surface area contributed by atoms with E-state index in [0.717, 1.165) is 18.4 Å². The van der Waals surface area contributed by atoms with Gasteiger partial charge in [0.05, 0.1) is 11.0 Å². The van der Waals surface area contributed by atoms with Crippen molar-refractivity contribution in [1.29, 1.82) is 0 Å². The molecule has 0 aromatic heterocycles. The standard InChI is InChI=1S/C16H22N2O6S/c1-12-4-6-14(7-5-12)25(21,22)18-10-16(20)24-11-15(19)17-9-13-3-2-8-23-13/h4-7,13,18H,2-3,8-11H2,1H3,(H,17,19)/t13-/m1/s1. The Bertz CT molecular complexity index is 696. The number of carbonyl (C=O) groups is 2. The van der Waals surface area contributed by atoms with Gasteiger partial charge < -0.3 is 14.8 Å². The lowest BCUT2D eigenvalue weighted by atomic mass is 10.2. The molecule has 0 bridgehead atoms. The Balaban J connectivity index is 1.69. The van der Waals surface area contributed by atoms with Gasteiger partial charge >= 0.3 is 5.97 Å². The van der Waals surface area contributed by atoms with E-state index in [1.807, 2.05) is 6.92 Å². The minimum absolute atomic E-state index is 0.000898. The van der Waals surface area contributed by atoms with E-state index in [0.29, 0.717) is 13.2 Å². The molecule has 0 radical (unpaired) electrons. The maximum atomic E-state index is 12.0. The molecule has 0 spiro atoms. The molecular weight excluding hydrogens is 348 g/mol. The molecule has 1 amide bonds. The van der Waals surface area contributed by atoms with Crippen molar-refractivity contribution in [3.63, 3.8) is 0 Å². The summed E-state index contributed by atoms with van der Waals surface area (Å²) in [5, 5.41) is 2.60. The van der Waals surface area contributed by atoms with E-state index in [-0.39, 0.29) is 11.0 Å². The Labute approximate surface area is 146 Å². The fourth-order valence-electron chi connectivity index (χ4n) is 2.24. The topological polar surface area (TPSA) is 111 Å². The highest BCUT2D eigenvalue weighted by atomic mass is 32.2. The van der Waals surface area contributed by atoms with E-state index in [1.165, 1.54) is 12.1 Å². The van der Waals surface area contributed by atoms with Gasteiger partial charge in [0.15, 0.2) is 6.61 Å². The van der Waals surface area contributed by atoms with Gasteiger partial charge in [0.2, 0.25) is 10.0 Å². The van der Waals surface area contributed by atoms with Crippen molar-refractivity contribution in [2.24, 2.45) is 0 Å².